The van der Waals surface area contributed by atoms with Gasteiger partial charge in [-0.2, -0.15) is 0 Å². The van der Waals surface area contributed by atoms with Crippen LogP contribution in [0.15, 0.2) is 36.7 Å². The van der Waals surface area contributed by atoms with Crippen molar-refractivity contribution in [3.8, 4) is 0 Å². The zero-order valence-electron chi connectivity index (χ0n) is 9.89. The Bertz CT molecular complexity index is 608. The highest BCUT2D eigenvalue weighted by Gasteiger charge is 2.01. The van der Waals surface area contributed by atoms with Gasteiger partial charge in [0.25, 0.3) is 0 Å². The Morgan fingerprint density at radius 2 is 2.28 bits per heavy atom. The summed E-state index contributed by atoms with van der Waals surface area (Å²) in [6.45, 7) is 2.14. The number of esters is 1. The van der Waals surface area contributed by atoms with Crippen LogP contribution in [0.1, 0.15) is 12.5 Å². The molecule has 4 heteroatoms. The van der Waals surface area contributed by atoms with Crippen LogP contribution < -0.4 is 0 Å². The van der Waals surface area contributed by atoms with Crippen LogP contribution in [0.3, 0.4) is 0 Å². The molecule has 1 aromatic heterocycles. The molecule has 92 valence electrons. The van der Waals surface area contributed by atoms with Crippen LogP contribution in [0.2, 0.25) is 5.02 Å². The van der Waals surface area contributed by atoms with Gasteiger partial charge in [0.05, 0.1) is 6.61 Å². The quantitative estimate of drug-likeness (QED) is 0.627. The van der Waals surface area contributed by atoms with Crippen molar-refractivity contribution in [1.29, 1.82) is 0 Å². The number of rotatable bonds is 3. The third kappa shape index (κ3) is 2.87. The summed E-state index contributed by atoms with van der Waals surface area (Å²) < 4.78 is 4.83. The zero-order chi connectivity index (χ0) is 13.0. The highest BCUT2D eigenvalue weighted by atomic mass is 35.5. The fourth-order valence-corrected chi connectivity index (χ4v) is 1.83. The molecule has 2 aromatic rings. The molecule has 18 heavy (non-hydrogen) atoms. The van der Waals surface area contributed by atoms with Crippen molar-refractivity contribution in [1.82, 2.24) is 4.98 Å². The monoisotopic (exact) mass is 261 g/mol. The molecule has 0 N–H and O–H groups in total. The number of carbonyl (C=O) groups is 1. The molecule has 0 spiro atoms. The van der Waals surface area contributed by atoms with Crippen LogP contribution in [-0.4, -0.2) is 17.6 Å². The first-order valence-corrected chi connectivity index (χ1v) is 5.96. The Morgan fingerprint density at radius 3 is 3.06 bits per heavy atom. The fourth-order valence-electron chi connectivity index (χ4n) is 1.65. The summed E-state index contributed by atoms with van der Waals surface area (Å²) >= 11 is 5.92. The predicted molar refractivity (Wildman–Crippen MR) is 72.4 cm³/mol. The Balaban J connectivity index is 2.36. The normalized spacial score (nSPS) is 11.0. The molecule has 0 amide bonds. The number of halogens is 1. The number of hydrogen-bond acceptors (Lipinski definition) is 3. The summed E-state index contributed by atoms with van der Waals surface area (Å²) in [4.78, 5) is 15.4. The lowest BCUT2D eigenvalue weighted by atomic mass is 10.1. The van der Waals surface area contributed by atoms with E-state index in [9.17, 15) is 4.79 Å². The number of aromatic nitrogens is 1. The van der Waals surface area contributed by atoms with Gasteiger partial charge in [0, 0.05) is 34.4 Å². The summed E-state index contributed by atoms with van der Waals surface area (Å²) in [7, 11) is 0. The molecule has 0 bridgehead atoms. The van der Waals surface area contributed by atoms with Crippen LogP contribution in [-0.2, 0) is 9.53 Å². The number of fused-ring (bicyclic) bond motifs is 1. The van der Waals surface area contributed by atoms with Crippen LogP contribution in [0, 0.1) is 0 Å². The van der Waals surface area contributed by atoms with E-state index in [0.29, 0.717) is 11.6 Å². The van der Waals surface area contributed by atoms with Crippen molar-refractivity contribution >= 4 is 34.4 Å². The largest absolute Gasteiger partial charge is 0.463 e. The van der Waals surface area contributed by atoms with E-state index in [1.54, 1.807) is 25.4 Å². The molecule has 0 aliphatic carbocycles. The average Bonchev–Trinajstić information content (AvgIpc) is 2.36. The summed E-state index contributed by atoms with van der Waals surface area (Å²) in [6, 6.07) is 5.56. The van der Waals surface area contributed by atoms with Crippen molar-refractivity contribution in [3.05, 3.63) is 47.3 Å². The molecule has 0 saturated carbocycles. The van der Waals surface area contributed by atoms with E-state index in [0.717, 1.165) is 16.3 Å². The zero-order valence-corrected chi connectivity index (χ0v) is 10.6. The Hall–Kier alpha value is -1.87. The summed E-state index contributed by atoms with van der Waals surface area (Å²) in [6.07, 6.45) is 6.53. The van der Waals surface area contributed by atoms with E-state index in [4.69, 9.17) is 16.3 Å². The van der Waals surface area contributed by atoms with E-state index in [1.807, 2.05) is 18.2 Å². The Morgan fingerprint density at radius 1 is 1.44 bits per heavy atom. The maximum atomic E-state index is 11.3. The van der Waals surface area contributed by atoms with E-state index in [-0.39, 0.29) is 5.97 Å². The summed E-state index contributed by atoms with van der Waals surface area (Å²) in [5, 5.41) is 2.60. The van der Waals surface area contributed by atoms with Crippen LogP contribution in [0.25, 0.3) is 16.8 Å². The number of carbonyl (C=O) groups excluding carboxylic acids is 1. The summed E-state index contributed by atoms with van der Waals surface area (Å²) in [5.74, 6) is -0.358. The standard InChI is InChI=1S/C14H12ClNO2/c1-2-18-14(17)6-3-10-8-16-9-11-7-12(15)4-5-13(10)11/h3-9H,2H2,1H3/b6-3+. The topological polar surface area (TPSA) is 39.2 Å². The second-order valence-corrected chi connectivity index (χ2v) is 4.12. The smallest absolute Gasteiger partial charge is 0.330 e. The molecule has 2 rings (SSSR count). The number of benzene rings is 1. The van der Waals surface area contributed by atoms with Crippen molar-refractivity contribution in [3.63, 3.8) is 0 Å². The molecule has 3 nitrogen and oxygen atoms in total. The highest BCUT2D eigenvalue weighted by Crippen LogP contribution is 2.22. The minimum Gasteiger partial charge on any atom is -0.463 e. The first kappa shape index (κ1) is 12.6. The van der Waals surface area contributed by atoms with Gasteiger partial charge >= 0.3 is 5.97 Å². The van der Waals surface area contributed by atoms with Gasteiger partial charge in [0.2, 0.25) is 0 Å². The first-order valence-electron chi connectivity index (χ1n) is 5.59. The van der Waals surface area contributed by atoms with Crippen LogP contribution >= 0.6 is 11.6 Å². The predicted octanol–water partition coefficient (Wildman–Crippen LogP) is 3.46. The van der Waals surface area contributed by atoms with Crippen molar-refractivity contribution < 1.29 is 9.53 Å². The van der Waals surface area contributed by atoms with Gasteiger partial charge in [-0.25, -0.2) is 4.79 Å². The minimum absolute atomic E-state index is 0.358. The molecule has 0 fully saturated rings. The van der Waals surface area contributed by atoms with Crippen molar-refractivity contribution in [2.75, 3.05) is 6.61 Å². The number of hydrogen-bond donors (Lipinski definition) is 0. The van der Waals surface area contributed by atoms with Crippen molar-refractivity contribution in [2.24, 2.45) is 0 Å². The van der Waals surface area contributed by atoms with Crippen LogP contribution in [0.4, 0.5) is 0 Å². The number of ether oxygens (including phenoxy) is 1. The maximum absolute atomic E-state index is 11.3. The molecule has 1 aromatic carbocycles. The first-order chi connectivity index (χ1) is 8.70. The summed E-state index contributed by atoms with van der Waals surface area (Å²) in [5.41, 5.74) is 0.859. The van der Waals surface area contributed by atoms with Gasteiger partial charge in [0.15, 0.2) is 0 Å². The van der Waals surface area contributed by atoms with Crippen molar-refractivity contribution in [2.45, 2.75) is 6.92 Å². The highest BCUT2D eigenvalue weighted by molar-refractivity contribution is 6.31. The second-order valence-electron chi connectivity index (χ2n) is 3.68. The molecular weight excluding hydrogens is 250 g/mol. The van der Waals surface area contributed by atoms with E-state index >= 15 is 0 Å². The minimum atomic E-state index is -0.358. The number of pyridine rings is 1. The van der Waals surface area contributed by atoms with E-state index in [1.165, 1.54) is 6.08 Å². The van der Waals surface area contributed by atoms with Gasteiger partial charge < -0.3 is 4.74 Å². The molecule has 0 saturated heterocycles. The van der Waals surface area contributed by atoms with Crippen LogP contribution in [0.5, 0.6) is 0 Å². The molecular formula is C14H12ClNO2. The molecule has 0 aliphatic rings. The fraction of sp³-hybridized carbons (Fsp3) is 0.143. The lowest BCUT2D eigenvalue weighted by Gasteiger charge is -2.02. The third-order valence-corrected chi connectivity index (χ3v) is 2.67. The second kappa shape index (κ2) is 5.65. The van der Waals surface area contributed by atoms with E-state index in [2.05, 4.69) is 4.98 Å². The maximum Gasteiger partial charge on any atom is 0.330 e. The number of nitrogens with zero attached hydrogens (tertiary/aromatic N) is 1. The molecule has 0 atom stereocenters. The van der Waals surface area contributed by atoms with Gasteiger partial charge in [-0.15, -0.1) is 0 Å². The lowest BCUT2D eigenvalue weighted by molar-refractivity contribution is -0.137. The van der Waals surface area contributed by atoms with E-state index < -0.39 is 0 Å². The molecule has 0 radical (unpaired) electrons. The van der Waals surface area contributed by atoms with Gasteiger partial charge in [-0.1, -0.05) is 17.7 Å². The van der Waals surface area contributed by atoms with Gasteiger partial charge in [-0.05, 0) is 30.5 Å². The third-order valence-electron chi connectivity index (χ3n) is 2.44. The average molecular weight is 262 g/mol. The molecule has 0 aliphatic heterocycles. The van der Waals surface area contributed by atoms with Gasteiger partial charge in [0.1, 0.15) is 0 Å². The SMILES string of the molecule is CCOC(=O)/C=C/c1cncc2cc(Cl)ccc12. The Kier molecular flexibility index (Phi) is 3.95. The Labute approximate surface area is 110 Å². The molecule has 0 unspecified atom stereocenters. The molecule has 1 heterocycles. The lowest BCUT2D eigenvalue weighted by Crippen LogP contribution is -1.98. The van der Waals surface area contributed by atoms with Gasteiger partial charge in [-0.3, -0.25) is 4.98 Å².